The van der Waals surface area contributed by atoms with Gasteiger partial charge >= 0.3 is 15.1 Å². The van der Waals surface area contributed by atoms with Gasteiger partial charge in [-0.3, -0.25) is 0 Å². The Morgan fingerprint density at radius 3 is 1.22 bits per heavy atom. The molecule has 18 heavy (non-hydrogen) atoms. The summed E-state index contributed by atoms with van der Waals surface area (Å²) in [6.07, 6.45) is 3.08. The first-order valence-corrected chi connectivity index (χ1v) is 8.37. The Labute approximate surface area is 117 Å². The van der Waals surface area contributed by atoms with Crippen LogP contribution in [0.3, 0.4) is 0 Å². The molecule has 0 saturated carbocycles. The Morgan fingerprint density at radius 1 is 0.722 bits per heavy atom. The average Bonchev–Trinajstić information content (AvgIpc) is 2.70. The molecule has 1 fully saturated rings. The molecule has 1 heterocycles. The number of hydrogen-bond donors (Lipinski definition) is 0. The topological polar surface area (TPSA) is 36.9 Å². The number of ether oxygens (including phenoxy) is 1. The molecule has 108 valence electrons. The predicted octanol–water partition coefficient (Wildman–Crippen LogP) is 3.04. The van der Waals surface area contributed by atoms with Gasteiger partial charge in [-0.05, 0) is 54.4 Å². The molecule has 0 aromatic carbocycles. The molecule has 1 saturated heterocycles. The highest BCUT2D eigenvalue weighted by Crippen LogP contribution is 2.04. The lowest BCUT2D eigenvalue weighted by molar-refractivity contribution is 0.0335. The summed E-state index contributed by atoms with van der Waals surface area (Å²) in [6.45, 7) is 14.0. The summed E-state index contributed by atoms with van der Waals surface area (Å²) in [7, 11) is 0. The van der Waals surface area contributed by atoms with Crippen LogP contribution < -0.4 is 0 Å². The average molecular weight is 276 g/mol. The van der Waals surface area contributed by atoms with Crippen LogP contribution in [0.1, 0.15) is 54.4 Å². The molecule has 1 aliphatic heterocycles. The largest absolute Gasteiger partial charge is 0.906 e. The number of rotatable bonds is 6. The van der Waals surface area contributed by atoms with E-state index in [0.717, 1.165) is 13.2 Å². The van der Waals surface area contributed by atoms with Gasteiger partial charge in [0.25, 0.3) is 0 Å². The summed E-state index contributed by atoms with van der Waals surface area (Å²) in [6, 6.07) is 0. The summed E-state index contributed by atoms with van der Waals surface area (Å²) in [4.78, 5) is 0. The van der Waals surface area contributed by atoms with E-state index in [1.807, 2.05) is 41.5 Å². The smallest absolute Gasteiger partial charge is 0.452 e. The first-order valence-electron chi connectivity index (χ1n) is 6.96. The maximum atomic E-state index is 5.57. The van der Waals surface area contributed by atoms with Crippen LogP contribution in [-0.2, 0) is 16.1 Å². The van der Waals surface area contributed by atoms with Gasteiger partial charge in [0.1, 0.15) is 0 Å². The van der Waals surface area contributed by atoms with Crippen LogP contribution in [0.2, 0.25) is 0 Å². The van der Waals surface area contributed by atoms with Crippen LogP contribution in [0.5, 0.6) is 0 Å². The highest BCUT2D eigenvalue weighted by Gasteiger charge is 2.34. The van der Waals surface area contributed by atoms with Gasteiger partial charge in [0.2, 0.25) is 0 Å². The maximum Gasteiger partial charge on any atom is 0.906 e. The summed E-state index contributed by atoms with van der Waals surface area (Å²) in [5.41, 5.74) is 0. The minimum absolute atomic E-state index is 0.175. The lowest BCUT2D eigenvalue weighted by Gasteiger charge is -2.19. The fourth-order valence-corrected chi connectivity index (χ4v) is 2.80. The van der Waals surface area contributed by atoms with Crippen LogP contribution in [0.4, 0.5) is 0 Å². The van der Waals surface area contributed by atoms with Gasteiger partial charge in [0, 0.05) is 31.5 Å². The Balaban J connectivity index is 0.000000473. The van der Waals surface area contributed by atoms with Crippen molar-refractivity contribution in [3.8, 4) is 0 Å². The van der Waals surface area contributed by atoms with E-state index < -0.39 is 15.1 Å². The minimum atomic E-state index is -1.91. The zero-order chi connectivity index (χ0) is 14.0. The molecule has 4 nitrogen and oxygen atoms in total. The Hall–Kier alpha value is 0.372. The molecular weight excluding hydrogens is 247 g/mol. The van der Waals surface area contributed by atoms with E-state index in [4.69, 9.17) is 16.1 Å². The van der Waals surface area contributed by atoms with Crippen LogP contribution in [0, 0.1) is 0 Å². The molecule has 1 rings (SSSR count). The van der Waals surface area contributed by atoms with Gasteiger partial charge in [-0.1, -0.05) is 0 Å². The Bertz CT molecular complexity index is 150. The number of hydrogen-bond acceptors (Lipinski definition) is 4. The maximum absolute atomic E-state index is 5.57. The molecule has 0 aromatic heterocycles. The van der Waals surface area contributed by atoms with E-state index in [2.05, 4.69) is 0 Å². The molecule has 0 spiro atoms. The van der Waals surface area contributed by atoms with Crippen molar-refractivity contribution in [3.63, 3.8) is 0 Å². The van der Waals surface area contributed by atoms with Crippen molar-refractivity contribution in [1.29, 1.82) is 0 Å². The first-order chi connectivity index (χ1) is 8.41. The monoisotopic (exact) mass is 276 g/mol. The standard InChI is InChI=1S/C4H8O.3C3H7O.Al/c1-2-4-5-3-1;3*1-3(2)4;/h1-4H2;3*3H,1-2H3;/q;3*-1;+3. The second kappa shape index (κ2) is 11.2. The van der Waals surface area contributed by atoms with Gasteiger partial charge in [0.15, 0.2) is 0 Å². The first kappa shape index (κ1) is 18.4. The highest BCUT2D eigenvalue weighted by molar-refractivity contribution is 6.36. The third-order valence-corrected chi connectivity index (χ3v) is 4.28. The SMILES string of the molecule is C1CCOC1.CC(C)[O][Al]([O]C(C)C)[O]C(C)C. The van der Waals surface area contributed by atoms with Crippen molar-refractivity contribution < 1.29 is 16.1 Å². The van der Waals surface area contributed by atoms with Gasteiger partial charge in [-0.2, -0.15) is 0 Å². The normalized spacial score (nSPS) is 15.2. The minimum Gasteiger partial charge on any atom is -0.452 e. The lowest BCUT2D eigenvalue weighted by atomic mass is 10.4. The molecule has 0 unspecified atom stereocenters. The van der Waals surface area contributed by atoms with E-state index >= 15 is 0 Å². The van der Waals surface area contributed by atoms with Crippen molar-refractivity contribution in [2.24, 2.45) is 0 Å². The quantitative estimate of drug-likeness (QED) is 0.699. The highest BCUT2D eigenvalue weighted by atomic mass is 27.3. The second-order valence-electron chi connectivity index (χ2n) is 5.16. The van der Waals surface area contributed by atoms with Gasteiger partial charge in [0.05, 0.1) is 0 Å². The molecule has 1 aliphatic rings. The summed E-state index contributed by atoms with van der Waals surface area (Å²) >= 11 is -1.91. The third kappa shape index (κ3) is 12.8. The van der Waals surface area contributed by atoms with E-state index in [1.54, 1.807) is 0 Å². The molecular formula is C13H29AlO4. The van der Waals surface area contributed by atoms with E-state index in [1.165, 1.54) is 12.8 Å². The lowest BCUT2D eigenvalue weighted by Crippen LogP contribution is -2.34. The van der Waals surface area contributed by atoms with E-state index in [9.17, 15) is 0 Å². The summed E-state index contributed by atoms with van der Waals surface area (Å²) < 4.78 is 21.6. The molecule has 0 aromatic rings. The van der Waals surface area contributed by atoms with Gasteiger partial charge < -0.3 is 16.1 Å². The Kier molecular flexibility index (Phi) is 11.5. The van der Waals surface area contributed by atoms with Crippen molar-refractivity contribution in [1.82, 2.24) is 0 Å². The third-order valence-electron chi connectivity index (χ3n) is 1.98. The fraction of sp³-hybridized carbons (Fsp3) is 1.00. The van der Waals surface area contributed by atoms with E-state index in [-0.39, 0.29) is 18.3 Å². The van der Waals surface area contributed by atoms with Crippen molar-refractivity contribution in [2.75, 3.05) is 13.2 Å². The molecule has 0 aliphatic carbocycles. The van der Waals surface area contributed by atoms with Gasteiger partial charge in [-0.25, -0.2) is 0 Å². The van der Waals surface area contributed by atoms with Crippen LogP contribution in [-0.4, -0.2) is 46.7 Å². The molecule has 0 bridgehead atoms. The molecule has 5 heteroatoms. The molecule has 0 radical (unpaired) electrons. The molecule has 0 amide bonds. The van der Waals surface area contributed by atoms with Crippen molar-refractivity contribution in [2.45, 2.75) is 72.7 Å². The second-order valence-corrected chi connectivity index (χ2v) is 6.56. The Morgan fingerprint density at radius 2 is 1.06 bits per heavy atom. The van der Waals surface area contributed by atoms with Crippen LogP contribution >= 0.6 is 0 Å². The fourth-order valence-electron chi connectivity index (χ4n) is 1.27. The molecule has 0 atom stereocenters. The van der Waals surface area contributed by atoms with Crippen molar-refractivity contribution in [3.05, 3.63) is 0 Å². The van der Waals surface area contributed by atoms with E-state index in [0.29, 0.717) is 0 Å². The molecule has 0 N–H and O–H groups in total. The predicted molar refractivity (Wildman–Crippen MR) is 74.5 cm³/mol. The zero-order valence-corrected chi connectivity index (χ0v) is 13.9. The van der Waals surface area contributed by atoms with Crippen molar-refractivity contribution >= 4 is 15.1 Å². The summed E-state index contributed by atoms with van der Waals surface area (Å²) in [5, 5.41) is 0. The summed E-state index contributed by atoms with van der Waals surface area (Å²) in [5.74, 6) is 0. The van der Waals surface area contributed by atoms with Crippen LogP contribution in [0.15, 0.2) is 0 Å². The van der Waals surface area contributed by atoms with Gasteiger partial charge in [-0.15, -0.1) is 0 Å². The van der Waals surface area contributed by atoms with Crippen LogP contribution in [0.25, 0.3) is 0 Å². The zero-order valence-electron chi connectivity index (χ0n) is 12.8.